The molecule has 0 bridgehead atoms. The second kappa shape index (κ2) is 4.91. The highest BCUT2D eigenvalue weighted by Gasteiger charge is 2.22. The normalized spacial score (nSPS) is 19.2. The lowest BCUT2D eigenvalue weighted by Crippen LogP contribution is -2.34. The van der Waals surface area contributed by atoms with Gasteiger partial charge in [0.15, 0.2) is 0 Å². The van der Waals surface area contributed by atoms with E-state index in [1.807, 2.05) is 0 Å². The summed E-state index contributed by atoms with van der Waals surface area (Å²) in [7, 11) is 0. The number of nitrogens with zero attached hydrogens (tertiary/aromatic N) is 4. The second-order valence-corrected chi connectivity index (χ2v) is 4.88. The summed E-state index contributed by atoms with van der Waals surface area (Å²) in [4.78, 5) is 11.1. The van der Waals surface area contributed by atoms with Crippen LogP contribution in [0, 0.1) is 11.3 Å². The fourth-order valence-electron chi connectivity index (χ4n) is 2.74. The molecule has 0 amide bonds. The van der Waals surface area contributed by atoms with Gasteiger partial charge in [0.2, 0.25) is 5.82 Å². The molecule has 0 spiro atoms. The average Bonchev–Trinajstić information content (AvgIpc) is 2.47. The van der Waals surface area contributed by atoms with Gasteiger partial charge in [-0.05, 0) is 19.3 Å². The maximum atomic E-state index is 9.05. The molecule has 0 aliphatic carbocycles. The zero-order valence-electron chi connectivity index (χ0n) is 10.4. The van der Waals surface area contributed by atoms with Crippen molar-refractivity contribution in [2.75, 3.05) is 24.5 Å². The van der Waals surface area contributed by atoms with Gasteiger partial charge in [0.1, 0.15) is 11.9 Å². The van der Waals surface area contributed by atoms with E-state index in [2.05, 4.69) is 26.3 Å². The molecule has 0 atom stereocenters. The molecule has 0 radical (unpaired) electrons. The number of fused-ring (bicyclic) bond motifs is 1. The van der Waals surface area contributed by atoms with E-state index in [4.69, 9.17) is 5.26 Å². The van der Waals surface area contributed by atoms with E-state index in [0.717, 1.165) is 44.1 Å². The Labute approximate surface area is 107 Å². The van der Waals surface area contributed by atoms with Crippen LogP contribution >= 0.6 is 0 Å². The van der Waals surface area contributed by atoms with Crippen LogP contribution in [-0.2, 0) is 13.0 Å². The Hall–Kier alpha value is -1.67. The standard InChI is InChI=1S/C13H17N5/c14-8-12-16-11-4-5-15-9-10(11)13(17-12)18-6-2-1-3-7-18/h15H,1-7,9H2. The smallest absolute Gasteiger partial charge is 0.234 e. The quantitative estimate of drug-likeness (QED) is 0.796. The Kier molecular flexibility index (Phi) is 3.11. The highest BCUT2D eigenvalue weighted by molar-refractivity contribution is 5.51. The first-order valence-electron chi connectivity index (χ1n) is 6.64. The molecule has 1 N–H and O–H groups in total. The van der Waals surface area contributed by atoms with Crippen molar-refractivity contribution in [3.05, 3.63) is 17.1 Å². The number of nitrogens with one attached hydrogen (secondary N) is 1. The molecule has 1 aromatic rings. The van der Waals surface area contributed by atoms with Crippen molar-refractivity contribution < 1.29 is 0 Å². The molecule has 2 aliphatic rings. The molecule has 1 fully saturated rings. The molecule has 1 saturated heterocycles. The van der Waals surface area contributed by atoms with Gasteiger partial charge >= 0.3 is 0 Å². The molecular weight excluding hydrogens is 226 g/mol. The molecule has 2 aliphatic heterocycles. The maximum absolute atomic E-state index is 9.05. The number of aromatic nitrogens is 2. The lowest BCUT2D eigenvalue weighted by molar-refractivity contribution is 0.561. The average molecular weight is 243 g/mol. The van der Waals surface area contributed by atoms with Crippen LogP contribution in [0.1, 0.15) is 36.3 Å². The van der Waals surface area contributed by atoms with Gasteiger partial charge in [0.25, 0.3) is 0 Å². The number of anilines is 1. The van der Waals surface area contributed by atoms with Crippen LogP contribution < -0.4 is 10.2 Å². The van der Waals surface area contributed by atoms with Gasteiger partial charge in [0, 0.05) is 38.2 Å². The van der Waals surface area contributed by atoms with Gasteiger partial charge in [-0.1, -0.05) is 0 Å². The minimum atomic E-state index is 0.316. The second-order valence-electron chi connectivity index (χ2n) is 4.88. The van der Waals surface area contributed by atoms with Crippen molar-refractivity contribution in [2.45, 2.75) is 32.2 Å². The van der Waals surface area contributed by atoms with E-state index in [0.29, 0.717) is 5.82 Å². The molecule has 3 heterocycles. The summed E-state index contributed by atoms with van der Waals surface area (Å²) < 4.78 is 0. The predicted octanol–water partition coefficient (Wildman–Crippen LogP) is 0.984. The van der Waals surface area contributed by atoms with Crippen molar-refractivity contribution >= 4 is 5.82 Å². The highest BCUT2D eigenvalue weighted by Crippen LogP contribution is 2.26. The molecule has 3 rings (SSSR count). The summed E-state index contributed by atoms with van der Waals surface area (Å²) in [6.45, 7) is 3.86. The van der Waals surface area contributed by atoms with Gasteiger partial charge in [-0.15, -0.1) is 0 Å². The minimum absolute atomic E-state index is 0.316. The molecule has 5 heteroatoms. The first kappa shape index (κ1) is 11.4. The summed E-state index contributed by atoms with van der Waals surface area (Å²) in [5.41, 5.74) is 2.25. The van der Waals surface area contributed by atoms with Crippen LogP contribution in [0.25, 0.3) is 0 Å². The van der Waals surface area contributed by atoms with Gasteiger partial charge in [0.05, 0.1) is 5.69 Å². The lowest BCUT2D eigenvalue weighted by Gasteiger charge is -2.31. The number of piperidine rings is 1. The summed E-state index contributed by atoms with van der Waals surface area (Å²) in [5.74, 6) is 1.31. The molecule has 94 valence electrons. The third-order valence-corrected chi connectivity index (χ3v) is 3.67. The molecule has 0 saturated carbocycles. The maximum Gasteiger partial charge on any atom is 0.234 e. The third kappa shape index (κ3) is 2.04. The number of hydrogen-bond donors (Lipinski definition) is 1. The number of nitriles is 1. The number of hydrogen-bond acceptors (Lipinski definition) is 5. The van der Waals surface area contributed by atoms with Crippen LogP contribution in [0.4, 0.5) is 5.82 Å². The van der Waals surface area contributed by atoms with Crippen LogP contribution in [0.2, 0.25) is 0 Å². The Morgan fingerprint density at radius 2 is 2.00 bits per heavy atom. The Bertz CT molecular complexity index is 485. The van der Waals surface area contributed by atoms with E-state index in [1.54, 1.807) is 0 Å². The molecule has 18 heavy (non-hydrogen) atoms. The van der Waals surface area contributed by atoms with E-state index < -0.39 is 0 Å². The van der Waals surface area contributed by atoms with Gasteiger partial charge in [-0.2, -0.15) is 5.26 Å². The topological polar surface area (TPSA) is 64.8 Å². The molecule has 5 nitrogen and oxygen atoms in total. The third-order valence-electron chi connectivity index (χ3n) is 3.67. The Morgan fingerprint density at radius 1 is 1.17 bits per heavy atom. The van der Waals surface area contributed by atoms with Crippen molar-refractivity contribution in [1.82, 2.24) is 15.3 Å². The van der Waals surface area contributed by atoms with Crippen LogP contribution in [0.5, 0.6) is 0 Å². The van der Waals surface area contributed by atoms with Crippen molar-refractivity contribution in [1.29, 1.82) is 5.26 Å². The van der Waals surface area contributed by atoms with Gasteiger partial charge in [-0.25, -0.2) is 9.97 Å². The van der Waals surface area contributed by atoms with Gasteiger partial charge < -0.3 is 10.2 Å². The van der Waals surface area contributed by atoms with E-state index in [-0.39, 0.29) is 0 Å². The first-order valence-corrected chi connectivity index (χ1v) is 6.64. The molecule has 1 aromatic heterocycles. The monoisotopic (exact) mass is 243 g/mol. The predicted molar refractivity (Wildman–Crippen MR) is 68.2 cm³/mol. The fraction of sp³-hybridized carbons (Fsp3) is 0.615. The van der Waals surface area contributed by atoms with Crippen LogP contribution in [0.15, 0.2) is 0 Å². The SMILES string of the molecule is N#Cc1nc2c(c(N3CCCCC3)n1)CNCC2. The fourth-order valence-corrected chi connectivity index (χ4v) is 2.74. The van der Waals surface area contributed by atoms with Crippen molar-refractivity contribution in [2.24, 2.45) is 0 Å². The van der Waals surface area contributed by atoms with E-state index in [9.17, 15) is 0 Å². The Morgan fingerprint density at radius 3 is 2.78 bits per heavy atom. The zero-order chi connectivity index (χ0) is 12.4. The number of rotatable bonds is 1. The molecule has 0 aromatic carbocycles. The van der Waals surface area contributed by atoms with E-state index in [1.165, 1.54) is 24.8 Å². The summed E-state index contributed by atoms with van der Waals surface area (Å²) in [6.07, 6.45) is 4.63. The van der Waals surface area contributed by atoms with Crippen LogP contribution in [0.3, 0.4) is 0 Å². The Balaban J connectivity index is 2.03. The van der Waals surface area contributed by atoms with Crippen LogP contribution in [-0.4, -0.2) is 29.6 Å². The van der Waals surface area contributed by atoms with Gasteiger partial charge in [-0.3, -0.25) is 0 Å². The molecular formula is C13H17N5. The summed E-state index contributed by atoms with van der Waals surface area (Å²) >= 11 is 0. The summed E-state index contributed by atoms with van der Waals surface area (Å²) in [5, 5.41) is 12.4. The minimum Gasteiger partial charge on any atom is -0.356 e. The highest BCUT2D eigenvalue weighted by atomic mass is 15.2. The molecule has 0 unspecified atom stereocenters. The van der Waals surface area contributed by atoms with Crippen molar-refractivity contribution in [3.8, 4) is 6.07 Å². The summed E-state index contributed by atoms with van der Waals surface area (Å²) in [6, 6.07) is 2.09. The van der Waals surface area contributed by atoms with Crippen molar-refractivity contribution in [3.63, 3.8) is 0 Å². The lowest BCUT2D eigenvalue weighted by atomic mass is 10.1. The largest absolute Gasteiger partial charge is 0.356 e. The van der Waals surface area contributed by atoms with E-state index >= 15 is 0 Å². The zero-order valence-corrected chi connectivity index (χ0v) is 10.4. The first-order chi connectivity index (χ1) is 8.88.